The second-order valence-corrected chi connectivity index (χ2v) is 3.79. The van der Waals surface area contributed by atoms with Gasteiger partial charge in [0.15, 0.2) is 0 Å². The molecule has 0 radical (unpaired) electrons. The largest absolute Gasteiger partial charge is 0.467 e. The number of hydrogen-bond acceptors (Lipinski definition) is 7. The van der Waals surface area contributed by atoms with Gasteiger partial charge >= 0.3 is 6.01 Å². The van der Waals surface area contributed by atoms with E-state index in [1.807, 2.05) is 0 Å². The van der Waals surface area contributed by atoms with Crippen molar-refractivity contribution in [2.75, 3.05) is 24.4 Å². The molecule has 1 saturated carbocycles. The van der Waals surface area contributed by atoms with E-state index in [4.69, 9.17) is 10.6 Å². The zero-order chi connectivity index (χ0) is 11.4. The number of nitrogens with zero attached hydrogens (tertiary/aromatic N) is 3. The summed E-state index contributed by atoms with van der Waals surface area (Å²) in [5, 5.41) is 3.16. The fourth-order valence-corrected chi connectivity index (χ4v) is 1.52. The highest BCUT2D eigenvalue weighted by Gasteiger charge is 2.17. The lowest BCUT2D eigenvalue weighted by atomic mass is 9.85. The molecule has 1 fully saturated rings. The molecule has 7 heteroatoms. The van der Waals surface area contributed by atoms with Crippen molar-refractivity contribution in [3.05, 3.63) is 0 Å². The van der Waals surface area contributed by atoms with E-state index in [9.17, 15) is 0 Å². The van der Waals surface area contributed by atoms with Gasteiger partial charge in [-0.05, 0) is 18.8 Å². The fraction of sp³-hybridized carbons (Fsp3) is 0.667. The van der Waals surface area contributed by atoms with Crippen LogP contribution in [-0.4, -0.2) is 28.6 Å². The highest BCUT2D eigenvalue weighted by molar-refractivity contribution is 5.34. The number of hydrazine groups is 1. The summed E-state index contributed by atoms with van der Waals surface area (Å²) in [6, 6.07) is 0.249. The lowest BCUT2D eigenvalue weighted by Gasteiger charge is -2.25. The van der Waals surface area contributed by atoms with Gasteiger partial charge in [0.05, 0.1) is 7.11 Å². The molecule has 0 bridgehead atoms. The highest BCUT2D eigenvalue weighted by Crippen LogP contribution is 2.26. The molecular weight excluding hydrogens is 208 g/mol. The Kier molecular flexibility index (Phi) is 3.35. The van der Waals surface area contributed by atoms with Crippen molar-refractivity contribution in [1.29, 1.82) is 0 Å². The first-order valence-corrected chi connectivity index (χ1v) is 5.32. The first-order chi connectivity index (χ1) is 7.81. The van der Waals surface area contributed by atoms with E-state index in [0.29, 0.717) is 11.9 Å². The maximum absolute atomic E-state index is 5.25. The van der Waals surface area contributed by atoms with Crippen molar-refractivity contribution in [1.82, 2.24) is 15.0 Å². The van der Waals surface area contributed by atoms with Gasteiger partial charge in [0.1, 0.15) is 0 Å². The number of nitrogen functional groups attached to an aromatic ring is 1. The number of hydrogen-bond donors (Lipinski definition) is 3. The minimum Gasteiger partial charge on any atom is -0.467 e. The molecular formula is C9H16N6O. The first kappa shape index (κ1) is 10.9. The summed E-state index contributed by atoms with van der Waals surface area (Å²) in [4.78, 5) is 12.1. The maximum atomic E-state index is 5.25. The van der Waals surface area contributed by atoms with Crippen LogP contribution in [0.5, 0.6) is 6.01 Å². The van der Waals surface area contributed by atoms with Crippen LogP contribution in [0.1, 0.15) is 19.3 Å². The normalized spacial score (nSPS) is 15.4. The number of nitrogens with two attached hydrogens (primary N) is 1. The van der Waals surface area contributed by atoms with E-state index in [-0.39, 0.29) is 6.01 Å². The summed E-state index contributed by atoms with van der Waals surface area (Å²) >= 11 is 0. The lowest BCUT2D eigenvalue weighted by molar-refractivity contribution is 0.332. The summed E-state index contributed by atoms with van der Waals surface area (Å²) in [7, 11) is 1.51. The minimum absolute atomic E-state index is 0.249. The van der Waals surface area contributed by atoms with Crippen LogP contribution in [0.3, 0.4) is 0 Å². The molecule has 0 saturated heterocycles. The summed E-state index contributed by atoms with van der Waals surface area (Å²) in [6.45, 7) is 0.886. The molecule has 1 aliphatic carbocycles. The van der Waals surface area contributed by atoms with Gasteiger partial charge < -0.3 is 10.1 Å². The van der Waals surface area contributed by atoms with Crippen molar-refractivity contribution in [3.8, 4) is 6.01 Å². The summed E-state index contributed by atoms with van der Waals surface area (Å²) in [5.41, 5.74) is 2.38. The molecule has 7 nitrogen and oxygen atoms in total. The number of aromatic nitrogens is 3. The topological polar surface area (TPSA) is 98.0 Å². The van der Waals surface area contributed by atoms with Gasteiger partial charge in [-0.2, -0.15) is 15.0 Å². The van der Waals surface area contributed by atoms with E-state index >= 15 is 0 Å². The van der Waals surface area contributed by atoms with Gasteiger partial charge in [-0.25, -0.2) is 5.84 Å². The molecule has 0 aliphatic heterocycles. The molecule has 1 aliphatic rings. The third-order valence-electron chi connectivity index (χ3n) is 2.70. The van der Waals surface area contributed by atoms with Gasteiger partial charge in [0, 0.05) is 6.54 Å². The van der Waals surface area contributed by atoms with Crippen LogP contribution in [0.4, 0.5) is 11.9 Å². The van der Waals surface area contributed by atoms with Crippen molar-refractivity contribution in [2.24, 2.45) is 11.8 Å². The Morgan fingerprint density at radius 2 is 2.06 bits per heavy atom. The van der Waals surface area contributed by atoms with Crippen molar-refractivity contribution in [3.63, 3.8) is 0 Å². The second-order valence-electron chi connectivity index (χ2n) is 3.79. The molecule has 0 unspecified atom stereocenters. The van der Waals surface area contributed by atoms with Gasteiger partial charge in [-0.15, -0.1) is 0 Å². The van der Waals surface area contributed by atoms with Crippen LogP contribution < -0.4 is 21.3 Å². The SMILES string of the molecule is COc1nc(NN)nc(NCC2CCC2)n1. The molecule has 16 heavy (non-hydrogen) atoms. The summed E-state index contributed by atoms with van der Waals surface area (Å²) in [6.07, 6.45) is 3.87. The van der Waals surface area contributed by atoms with Crippen LogP contribution in [0.15, 0.2) is 0 Å². The van der Waals surface area contributed by atoms with Crippen LogP contribution >= 0.6 is 0 Å². The third kappa shape index (κ3) is 2.48. The second kappa shape index (κ2) is 4.93. The molecule has 0 atom stereocenters. The molecule has 4 N–H and O–H groups in total. The van der Waals surface area contributed by atoms with Crippen LogP contribution in [0.2, 0.25) is 0 Å². The van der Waals surface area contributed by atoms with Gasteiger partial charge in [-0.1, -0.05) is 6.42 Å². The molecule has 88 valence electrons. The van der Waals surface area contributed by atoms with E-state index in [1.165, 1.54) is 26.4 Å². The van der Waals surface area contributed by atoms with Crippen molar-refractivity contribution >= 4 is 11.9 Å². The zero-order valence-electron chi connectivity index (χ0n) is 9.23. The van der Waals surface area contributed by atoms with Crippen molar-refractivity contribution in [2.45, 2.75) is 19.3 Å². The molecule has 1 aromatic rings. The average molecular weight is 224 g/mol. The Bertz CT molecular complexity index is 332. The summed E-state index contributed by atoms with van der Waals surface area (Å²) in [5.74, 6) is 6.77. The first-order valence-electron chi connectivity index (χ1n) is 5.32. The van der Waals surface area contributed by atoms with E-state index in [2.05, 4.69) is 25.7 Å². The molecule has 0 aromatic carbocycles. The Hall–Kier alpha value is -1.63. The van der Waals surface area contributed by atoms with E-state index < -0.39 is 0 Å². The van der Waals surface area contributed by atoms with Gasteiger partial charge in [0.25, 0.3) is 0 Å². The standard InChI is InChI=1S/C9H16N6O/c1-16-9-13-7(12-8(14-9)15-10)11-5-6-3-2-4-6/h6H,2-5,10H2,1H3,(H2,11,12,13,14,15). The number of nitrogens with one attached hydrogen (secondary N) is 2. The van der Waals surface area contributed by atoms with Gasteiger partial charge in [0.2, 0.25) is 11.9 Å². The Morgan fingerprint density at radius 3 is 2.62 bits per heavy atom. The van der Waals surface area contributed by atoms with Crippen molar-refractivity contribution < 1.29 is 4.74 Å². The number of ether oxygens (including phenoxy) is 1. The van der Waals surface area contributed by atoms with E-state index in [0.717, 1.165) is 12.5 Å². The van der Waals surface area contributed by atoms with Crippen LogP contribution in [0.25, 0.3) is 0 Å². The fourth-order valence-electron chi connectivity index (χ4n) is 1.52. The quantitative estimate of drug-likeness (QED) is 0.491. The highest BCUT2D eigenvalue weighted by atomic mass is 16.5. The van der Waals surface area contributed by atoms with Gasteiger partial charge in [-0.3, -0.25) is 5.43 Å². The maximum Gasteiger partial charge on any atom is 0.322 e. The van der Waals surface area contributed by atoms with Crippen LogP contribution in [-0.2, 0) is 0 Å². The molecule has 2 rings (SSSR count). The van der Waals surface area contributed by atoms with E-state index in [1.54, 1.807) is 0 Å². The number of methoxy groups -OCH3 is 1. The average Bonchev–Trinajstić information content (AvgIpc) is 2.26. The Morgan fingerprint density at radius 1 is 1.31 bits per heavy atom. The number of rotatable bonds is 5. The smallest absolute Gasteiger partial charge is 0.322 e. The molecule has 1 heterocycles. The molecule has 0 amide bonds. The zero-order valence-corrected chi connectivity index (χ0v) is 9.23. The number of anilines is 2. The monoisotopic (exact) mass is 224 g/mol. The predicted octanol–water partition coefficient (Wildman–Crippen LogP) is 0.378. The Labute approximate surface area is 93.8 Å². The Balaban J connectivity index is 2.00. The lowest BCUT2D eigenvalue weighted by Crippen LogP contribution is -2.22. The molecule has 0 spiro atoms. The predicted molar refractivity (Wildman–Crippen MR) is 60.0 cm³/mol. The summed E-state index contributed by atoms with van der Waals surface area (Å²) < 4.78 is 4.95. The van der Waals surface area contributed by atoms with Crippen LogP contribution in [0, 0.1) is 5.92 Å². The minimum atomic E-state index is 0.249. The third-order valence-corrected chi connectivity index (χ3v) is 2.70. The molecule has 1 aromatic heterocycles.